The summed E-state index contributed by atoms with van der Waals surface area (Å²) in [6, 6.07) is 0. The van der Waals surface area contributed by atoms with E-state index in [0.717, 1.165) is 6.42 Å². The first-order chi connectivity index (χ1) is 6.01. The van der Waals surface area contributed by atoms with Crippen LogP contribution in [0.2, 0.25) is 0 Å². The first-order valence-electron chi connectivity index (χ1n) is 4.69. The molecule has 0 heterocycles. The zero-order valence-electron chi connectivity index (χ0n) is 8.53. The molecule has 13 heavy (non-hydrogen) atoms. The van der Waals surface area contributed by atoms with Crippen LogP contribution in [0.5, 0.6) is 0 Å². The Labute approximate surface area is 80.6 Å². The Morgan fingerprint density at radius 2 is 1.85 bits per heavy atom. The van der Waals surface area contributed by atoms with E-state index in [2.05, 4.69) is 13.2 Å². The monoisotopic (exact) mass is 184 g/mol. The molecule has 0 aliphatic heterocycles. The average molecular weight is 184 g/mol. The third-order valence-electron chi connectivity index (χ3n) is 2.54. The Hall–Kier alpha value is -0.600. The largest absolute Gasteiger partial charge is 0.393 e. The lowest BCUT2D eigenvalue weighted by Crippen LogP contribution is -2.39. The van der Waals surface area contributed by atoms with Gasteiger partial charge >= 0.3 is 0 Å². The lowest BCUT2D eigenvalue weighted by molar-refractivity contribution is -0.00239. The van der Waals surface area contributed by atoms with Crippen molar-refractivity contribution in [2.24, 2.45) is 5.92 Å². The van der Waals surface area contributed by atoms with Crippen LogP contribution in [0.25, 0.3) is 0 Å². The summed E-state index contributed by atoms with van der Waals surface area (Å²) in [6.07, 6.45) is 3.92. The van der Waals surface area contributed by atoms with Gasteiger partial charge in [0.15, 0.2) is 0 Å². The van der Waals surface area contributed by atoms with E-state index in [9.17, 15) is 10.2 Å². The maximum absolute atomic E-state index is 9.90. The summed E-state index contributed by atoms with van der Waals surface area (Å²) < 4.78 is 0. The van der Waals surface area contributed by atoms with Gasteiger partial charge in [-0.05, 0) is 6.42 Å². The molecule has 2 nitrogen and oxygen atoms in total. The van der Waals surface area contributed by atoms with Crippen molar-refractivity contribution in [3.05, 3.63) is 25.3 Å². The Morgan fingerprint density at radius 3 is 2.15 bits per heavy atom. The van der Waals surface area contributed by atoms with Crippen LogP contribution >= 0.6 is 0 Å². The molecular weight excluding hydrogens is 164 g/mol. The van der Waals surface area contributed by atoms with Gasteiger partial charge in [0.05, 0.1) is 6.10 Å². The SMILES string of the molecule is C=CC(O)(C=C)C(C)C(O)CCC. The fraction of sp³-hybridized carbons (Fsp3) is 0.636. The molecule has 0 aliphatic rings. The van der Waals surface area contributed by atoms with Gasteiger partial charge in [0.2, 0.25) is 0 Å². The van der Waals surface area contributed by atoms with Crippen LogP contribution in [0.15, 0.2) is 25.3 Å². The number of hydrogen-bond acceptors (Lipinski definition) is 2. The van der Waals surface area contributed by atoms with Crippen LogP contribution in [0.4, 0.5) is 0 Å². The van der Waals surface area contributed by atoms with Crippen molar-refractivity contribution < 1.29 is 10.2 Å². The molecule has 0 aromatic rings. The lowest BCUT2D eigenvalue weighted by atomic mass is 9.83. The summed E-state index contributed by atoms with van der Waals surface area (Å²) >= 11 is 0. The highest BCUT2D eigenvalue weighted by atomic mass is 16.3. The molecule has 0 aromatic heterocycles. The summed E-state index contributed by atoms with van der Waals surface area (Å²) in [5, 5.41) is 19.6. The van der Waals surface area contributed by atoms with Gasteiger partial charge in [0.25, 0.3) is 0 Å². The third kappa shape index (κ3) is 2.98. The van der Waals surface area contributed by atoms with E-state index in [-0.39, 0.29) is 5.92 Å². The van der Waals surface area contributed by atoms with Crippen LogP contribution in [0.3, 0.4) is 0 Å². The first-order valence-corrected chi connectivity index (χ1v) is 4.69. The van der Waals surface area contributed by atoms with Gasteiger partial charge in [-0.3, -0.25) is 0 Å². The molecule has 0 aliphatic carbocycles. The standard InChI is InChI=1S/C11H20O2/c1-5-8-10(12)9(4)11(13,6-2)7-3/h6-7,9-10,12-13H,2-3,5,8H2,1,4H3. The second kappa shape index (κ2) is 5.20. The number of aliphatic hydroxyl groups is 2. The minimum absolute atomic E-state index is 0.262. The lowest BCUT2D eigenvalue weighted by Gasteiger charge is -2.31. The van der Waals surface area contributed by atoms with Gasteiger partial charge in [-0.1, -0.05) is 45.6 Å². The molecule has 76 valence electrons. The molecule has 2 heteroatoms. The van der Waals surface area contributed by atoms with Crippen LogP contribution in [0, 0.1) is 5.92 Å². The summed E-state index contributed by atoms with van der Waals surface area (Å²) in [5.41, 5.74) is -1.16. The molecule has 0 aromatic carbocycles. The molecule has 0 saturated heterocycles. The number of rotatable bonds is 6. The molecule has 0 spiro atoms. The van der Waals surface area contributed by atoms with Crippen molar-refractivity contribution in [2.45, 2.75) is 38.4 Å². The quantitative estimate of drug-likeness (QED) is 0.619. The van der Waals surface area contributed by atoms with Crippen LogP contribution in [-0.4, -0.2) is 21.9 Å². The normalized spacial score (nSPS) is 16.3. The van der Waals surface area contributed by atoms with E-state index < -0.39 is 11.7 Å². The van der Waals surface area contributed by atoms with Gasteiger partial charge in [-0.15, -0.1) is 0 Å². The fourth-order valence-corrected chi connectivity index (χ4v) is 1.31. The molecule has 0 fully saturated rings. The maximum atomic E-state index is 9.90. The first kappa shape index (κ1) is 12.4. The van der Waals surface area contributed by atoms with Crippen molar-refractivity contribution in [2.75, 3.05) is 0 Å². The predicted octanol–water partition coefficient (Wildman–Crippen LogP) is 1.89. The second-order valence-electron chi connectivity index (χ2n) is 3.44. The zero-order valence-corrected chi connectivity index (χ0v) is 8.53. The number of hydrogen-bond donors (Lipinski definition) is 2. The van der Waals surface area contributed by atoms with Gasteiger partial charge in [-0.2, -0.15) is 0 Å². The molecule has 0 saturated carbocycles. The highest BCUT2D eigenvalue weighted by molar-refractivity contribution is 5.12. The van der Waals surface area contributed by atoms with E-state index in [1.54, 1.807) is 6.92 Å². The molecule has 2 N–H and O–H groups in total. The summed E-state index contributed by atoms with van der Waals surface area (Å²) in [7, 11) is 0. The van der Waals surface area contributed by atoms with Gasteiger partial charge < -0.3 is 10.2 Å². The van der Waals surface area contributed by atoms with Crippen molar-refractivity contribution in [1.82, 2.24) is 0 Å². The zero-order chi connectivity index (χ0) is 10.5. The second-order valence-corrected chi connectivity index (χ2v) is 3.44. The highest BCUT2D eigenvalue weighted by Crippen LogP contribution is 2.25. The van der Waals surface area contributed by atoms with E-state index in [0.29, 0.717) is 6.42 Å². The van der Waals surface area contributed by atoms with E-state index >= 15 is 0 Å². The highest BCUT2D eigenvalue weighted by Gasteiger charge is 2.31. The fourth-order valence-electron chi connectivity index (χ4n) is 1.31. The predicted molar refractivity (Wildman–Crippen MR) is 55.4 cm³/mol. The summed E-state index contributed by atoms with van der Waals surface area (Å²) in [6.45, 7) is 10.9. The Morgan fingerprint density at radius 1 is 1.38 bits per heavy atom. The van der Waals surface area contributed by atoms with Crippen molar-refractivity contribution >= 4 is 0 Å². The molecule has 2 unspecified atom stereocenters. The minimum atomic E-state index is -1.16. The smallest absolute Gasteiger partial charge is 0.105 e. The van der Waals surface area contributed by atoms with Crippen molar-refractivity contribution in [3.63, 3.8) is 0 Å². The summed E-state index contributed by atoms with van der Waals surface area (Å²) in [4.78, 5) is 0. The topological polar surface area (TPSA) is 40.5 Å². The van der Waals surface area contributed by atoms with Crippen molar-refractivity contribution in [1.29, 1.82) is 0 Å². The van der Waals surface area contributed by atoms with Crippen LogP contribution in [0.1, 0.15) is 26.7 Å². The Bertz CT molecular complexity index is 167. The molecule has 0 amide bonds. The van der Waals surface area contributed by atoms with Gasteiger partial charge in [0.1, 0.15) is 5.60 Å². The molecule has 0 radical (unpaired) electrons. The third-order valence-corrected chi connectivity index (χ3v) is 2.54. The van der Waals surface area contributed by atoms with Gasteiger partial charge in [-0.25, -0.2) is 0 Å². The van der Waals surface area contributed by atoms with E-state index in [1.165, 1.54) is 12.2 Å². The maximum Gasteiger partial charge on any atom is 0.105 e. The molecule has 0 rings (SSSR count). The Kier molecular flexibility index (Phi) is 4.96. The molecule has 2 atom stereocenters. The van der Waals surface area contributed by atoms with Crippen LogP contribution < -0.4 is 0 Å². The van der Waals surface area contributed by atoms with Crippen molar-refractivity contribution in [3.8, 4) is 0 Å². The molecular formula is C11H20O2. The summed E-state index contributed by atoms with van der Waals surface area (Å²) in [5.74, 6) is -0.262. The average Bonchev–Trinajstić information content (AvgIpc) is 2.16. The van der Waals surface area contributed by atoms with E-state index in [1.807, 2.05) is 6.92 Å². The van der Waals surface area contributed by atoms with Crippen LogP contribution in [-0.2, 0) is 0 Å². The minimum Gasteiger partial charge on any atom is -0.393 e. The Balaban J connectivity index is 4.44. The number of aliphatic hydroxyl groups excluding tert-OH is 1. The molecule has 0 bridgehead atoms. The van der Waals surface area contributed by atoms with E-state index in [4.69, 9.17) is 0 Å². The van der Waals surface area contributed by atoms with Gasteiger partial charge in [0, 0.05) is 5.92 Å².